The molecule has 112 valence electrons. The first kappa shape index (κ1) is 18.3. The second-order valence-electron chi connectivity index (χ2n) is 5.17. The summed E-state index contributed by atoms with van der Waals surface area (Å²) < 4.78 is 0. The molecule has 0 radical (unpaired) electrons. The van der Waals surface area contributed by atoms with Gasteiger partial charge in [0.1, 0.15) is 0 Å². The standard InChI is InChI=1S/C12H25BrN4O2/c1-9(2)5-12(15,8-14)6-10(18)16-3-4-17-11(19)7-13/h9H,3-8,14-15H2,1-2H3,(H,16,18)(H,17,19). The number of carbonyl (C=O) groups is 2. The van der Waals surface area contributed by atoms with E-state index < -0.39 is 5.54 Å². The Morgan fingerprint density at radius 3 is 2.16 bits per heavy atom. The van der Waals surface area contributed by atoms with Gasteiger partial charge in [-0.2, -0.15) is 0 Å². The van der Waals surface area contributed by atoms with Crippen LogP contribution in [0.25, 0.3) is 0 Å². The number of hydrogen-bond donors (Lipinski definition) is 4. The molecule has 0 aliphatic rings. The lowest BCUT2D eigenvalue weighted by Gasteiger charge is -2.29. The van der Waals surface area contributed by atoms with Gasteiger partial charge in [0.2, 0.25) is 11.8 Å². The molecule has 0 fully saturated rings. The Balaban J connectivity index is 3.98. The molecule has 0 spiro atoms. The lowest BCUT2D eigenvalue weighted by molar-refractivity contribution is -0.123. The number of hydrogen-bond acceptors (Lipinski definition) is 4. The first-order chi connectivity index (χ1) is 8.83. The highest BCUT2D eigenvalue weighted by atomic mass is 79.9. The average Bonchev–Trinajstić information content (AvgIpc) is 2.33. The van der Waals surface area contributed by atoms with Crippen molar-refractivity contribution in [2.24, 2.45) is 17.4 Å². The topological polar surface area (TPSA) is 110 Å². The van der Waals surface area contributed by atoms with E-state index in [-0.39, 0.29) is 30.1 Å². The number of carbonyl (C=O) groups excluding carboxylic acids is 2. The van der Waals surface area contributed by atoms with Crippen molar-refractivity contribution in [3.63, 3.8) is 0 Å². The van der Waals surface area contributed by atoms with Crippen molar-refractivity contribution in [3.8, 4) is 0 Å². The lowest BCUT2D eigenvalue weighted by atomic mass is 9.86. The van der Waals surface area contributed by atoms with E-state index in [1.165, 1.54) is 0 Å². The summed E-state index contributed by atoms with van der Waals surface area (Å²) in [6.07, 6.45) is 0.908. The van der Waals surface area contributed by atoms with Crippen molar-refractivity contribution in [3.05, 3.63) is 0 Å². The minimum absolute atomic E-state index is 0.107. The normalized spacial score (nSPS) is 14.0. The number of nitrogens with one attached hydrogen (secondary N) is 2. The molecule has 0 rings (SSSR count). The molecule has 1 atom stereocenters. The van der Waals surface area contributed by atoms with Gasteiger partial charge in [0, 0.05) is 31.6 Å². The summed E-state index contributed by atoms with van der Waals surface area (Å²) in [4.78, 5) is 22.7. The molecule has 6 nitrogen and oxygen atoms in total. The quantitative estimate of drug-likeness (QED) is 0.342. The fourth-order valence-electron chi connectivity index (χ4n) is 1.87. The van der Waals surface area contributed by atoms with Gasteiger partial charge in [-0.25, -0.2) is 0 Å². The fraction of sp³-hybridized carbons (Fsp3) is 0.833. The van der Waals surface area contributed by atoms with Gasteiger partial charge < -0.3 is 22.1 Å². The van der Waals surface area contributed by atoms with Gasteiger partial charge in [0.25, 0.3) is 0 Å². The summed E-state index contributed by atoms with van der Waals surface area (Å²) in [6, 6.07) is 0. The molecule has 7 heteroatoms. The molecular weight excluding hydrogens is 312 g/mol. The van der Waals surface area contributed by atoms with E-state index in [0.717, 1.165) is 0 Å². The van der Waals surface area contributed by atoms with Crippen LogP contribution in [-0.2, 0) is 9.59 Å². The van der Waals surface area contributed by atoms with Gasteiger partial charge in [-0.05, 0) is 12.3 Å². The summed E-state index contributed by atoms with van der Waals surface area (Å²) in [7, 11) is 0. The van der Waals surface area contributed by atoms with Crippen LogP contribution in [0.2, 0.25) is 0 Å². The van der Waals surface area contributed by atoms with Gasteiger partial charge in [0.05, 0.1) is 5.33 Å². The molecule has 2 amide bonds. The van der Waals surface area contributed by atoms with Crippen LogP contribution >= 0.6 is 15.9 Å². The maximum Gasteiger partial charge on any atom is 0.230 e. The highest BCUT2D eigenvalue weighted by Crippen LogP contribution is 2.16. The number of rotatable bonds is 9. The highest BCUT2D eigenvalue weighted by molar-refractivity contribution is 9.09. The second kappa shape index (κ2) is 9.28. The fourth-order valence-corrected chi connectivity index (χ4v) is 2.07. The van der Waals surface area contributed by atoms with E-state index >= 15 is 0 Å². The minimum atomic E-state index is -0.655. The van der Waals surface area contributed by atoms with Gasteiger partial charge in [-0.15, -0.1) is 0 Å². The van der Waals surface area contributed by atoms with Gasteiger partial charge in [-0.3, -0.25) is 9.59 Å². The average molecular weight is 337 g/mol. The van der Waals surface area contributed by atoms with Crippen molar-refractivity contribution >= 4 is 27.7 Å². The van der Waals surface area contributed by atoms with Crippen molar-refractivity contribution in [2.45, 2.75) is 32.2 Å². The smallest absolute Gasteiger partial charge is 0.230 e. The van der Waals surface area contributed by atoms with Crippen LogP contribution in [0.15, 0.2) is 0 Å². The van der Waals surface area contributed by atoms with Gasteiger partial charge >= 0.3 is 0 Å². The molecule has 6 N–H and O–H groups in total. The molecule has 0 saturated heterocycles. The zero-order valence-corrected chi connectivity index (χ0v) is 13.3. The van der Waals surface area contributed by atoms with Crippen LogP contribution < -0.4 is 22.1 Å². The zero-order valence-electron chi connectivity index (χ0n) is 11.7. The summed E-state index contributed by atoms with van der Waals surface area (Å²) in [5.74, 6) is 0.144. The Morgan fingerprint density at radius 2 is 1.74 bits per heavy atom. The zero-order chi connectivity index (χ0) is 14.9. The molecule has 0 aliphatic heterocycles. The molecule has 0 saturated carbocycles. The first-order valence-corrected chi connectivity index (χ1v) is 7.53. The SMILES string of the molecule is CC(C)CC(N)(CN)CC(=O)NCCNC(=O)CBr. The summed E-state index contributed by atoms with van der Waals surface area (Å²) >= 11 is 3.04. The third-order valence-corrected chi connectivity index (χ3v) is 3.13. The van der Waals surface area contributed by atoms with Crippen molar-refractivity contribution in [2.75, 3.05) is 25.0 Å². The summed E-state index contributed by atoms with van der Waals surface area (Å²) in [5, 5.41) is 5.62. The Kier molecular flexibility index (Phi) is 8.95. The molecule has 0 aromatic heterocycles. The number of alkyl halides is 1. The van der Waals surface area contributed by atoms with Gasteiger partial charge in [-0.1, -0.05) is 29.8 Å². The third-order valence-electron chi connectivity index (χ3n) is 2.62. The van der Waals surface area contributed by atoms with Crippen LogP contribution in [0.3, 0.4) is 0 Å². The molecule has 0 heterocycles. The predicted octanol–water partition coefficient (Wildman–Crippen LogP) is -0.294. The molecule has 0 aromatic rings. The lowest BCUT2D eigenvalue weighted by Crippen LogP contribution is -2.51. The summed E-state index contributed by atoms with van der Waals surface area (Å²) in [6.45, 7) is 5.16. The van der Waals surface area contributed by atoms with E-state index in [4.69, 9.17) is 11.5 Å². The summed E-state index contributed by atoms with van der Waals surface area (Å²) in [5.41, 5.74) is 11.1. The van der Waals surface area contributed by atoms with Crippen LogP contribution in [0, 0.1) is 5.92 Å². The monoisotopic (exact) mass is 336 g/mol. The van der Waals surface area contributed by atoms with E-state index in [1.54, 1.807) is 0 Å². The third kappa shape index (κ3) is 8.96. The van der Waals surface area contributed by atoms with Crippen molar-refractivity contribution < 1.29 is 9.59 Å². The first-order valence-electron chi connectivity index (χ1n) is 6.41. The van der Waals surface area contributed by atoms with Crippen LogP contribution in [0.4, 0.5) is 0 Å². The van der Waals surface area contributed by atoms with Crippen LogP contribution in [0.1, 0.15) is 26.7 Å². The largest absolute Gasteiger partial charge is 0.354 e. The number of nitrogens with two attached hydrogens (primary N) is 2. The van der Waals surface area contributed by atoms with E-state index in [2.05, 4.69) is 26.6 Å². The Labute approximate surface area is 123 Å². The van der Waals surface area contributed by atoms with E-state index in [0.29, 0.717) is 25.4 Å². The number of halogens is 1. The highest BCUT2D eigenvalue weighted by Gasteiger charge is 2.27. The Hall–Kier alpha value is -0.660. The van der Waals surface area contributed by atoms with Crippen molar-refractivity contribution in [1.29, 1.82) is 0 Å². The van der Waals surface area contributed by atoms with Crippen LogP contribution in [0.5, 0.6) is 0 Å². The van der Waals surface area contributed by atoms with Crippen molar-refractivity contribution in [1.82, 2.24) is 10.6 Å². The van der Waals surface area contributed by atoms with Crippen LogP contribution in [-0.4, -0.2) is 42.3 Å². The molecule has 0 aliphatic carbocycles. The molecule has 0 aromatic carbocycles. The number of amides is 2. The molecule has 0 bridgehead atoms. The van der Waals surface area contributed by atoms with E-state index in [1.807, 2.05) is 13.8 Å². The van der Waals surface area contributed by atoms with Gasteiger partial charge in [0.15, 0.2) is 0 Å². The molecular formula is C12H25BrN4O2. The minimum Gasteiger partial charge on any atom is -0.354 e. The predicted molar refractivity (Wildman–Crippen MR) is 79.9 cm³/mol. The molecule has 19 heavy (non-hydrogen) atoms. The maximum absolute atomic E-state index is 11.7. The van der Waals surface area contributed by atoms with E-state index in [9.17, 15) is 9.59 Å². The Bertz CT molecular complexity index is 299. The Morgan fingerprint density at radius 1 is 1.21 bits per heavy atom. The molecule has 1 unspecified atom stereocenters. The maximum atomic E-state index is 11.7. The second-order valence-corrected chi connectivity index (χ2v) is 5.74.